The van der Waals surface area contributed by atoms with Crippen LogP contribution in [0.15, 0.2) is 18.2 Å². The summed E-state index contributed by atoms with van der Waals surface area (Å²) >= 11 is 12.0. The van der Waals surface area contributed by atoms with Crippen LogP contribution < -0.4 is 4.74 Å². The van der Waals surface area contributed by atoms with Crippen molar-refractivity contribution in [1.82, 2.24) is 0 Å². The van der Waals surface area contributed by atoms with Gasteiger partial charge in [-0.05, 0) is 25.0 Å². The second-order valence-electron chi connectivity index (χ2n) is 3.46. The zero-order chi connectivity index (χ0) is 10.7. The van der Waals surface area contributed by atoms with Gasteiger partial charge < -0.3 is 9.47 Å². The molecule has 1 aliphatic heterocycles. The molecule has 0 bridgehead atoms. The number of rotatable bonds is 2. The monoisotopic (exact) mass is 246 g/mol. The van der Waals surface area contributed by atoms with E-state index in [1.54, 1.807) is 18.2 Å². The Kier molecular flexibility index (Phi) is 3.73. The van der Waals surface area contributed by atoms with E-state index < -0.39 is 0 Å². The van der Waals surface area contributed by atoms with Crippen LogP contribution in [-0.2, 0) is 4.74 Å². The van der Waals surface area contributed by atoms with Crippen molar-refractivity contribution in [2.45, 2.75) is 25.6 Å². The Morgan fingerprint density at radius 2 is 1.93 bits per heavy atom. The van der Waals surface area contributed by atoms with Crippen molar-refractivity contribution in [1.29, 1.82) is 0 Å². The Morgan fingerprint density at radius 1 is 1.20 bits per heavy atom. The van der Waals surface area contributed by atoms with Gasteiger partial charge in [-0.25, -0.2) is 0 Å². The summed E-state index contributed by atoms with van der Waals surface area (Å²) in [5.74, 6) is 0.521. The van der Waals surface area contributed by atoms with E-state index in [1.807, 2.05) is 0 Å². The molecule has 0 radical (unpaired) electrons. The van der Waals surface area contributed by atoms with Crippen LogP contribution in [0, 0.1) is 0 Å². The average molecular weight is 247 g/mol. The molecule has 0 aromatic heterocycles. The number of para-hydroxylation sites is 1. The zero-order valence-electron chi connectivity index (χ0n) is 8.21. The van der Waals surface area contributed by atoms with E-state index in [9.17, 15) is 0 Å². The van der Waals surface area contributed by atoms with E-state index in [0.717, 1.165) is 25.9 Å². The third kappa shape index (κ3) is 2.77. The summed E-state index contributed by atoms with van der Waals surface area (Å²) in [6.45, 7) is 0.743. The second-order valence-corrected chi connectivity index (χ2v) is 4.28. The fraction of sp³-hybridized carbons (Fsp3) is 0.455. The van der Waals surface area contributed by atoms with Crippen molar-refractivity contribution in [3.63, 3.8) is 0 Å². The molecule has 1 aliphatic rings. The molecule has 0 N–H and O–H groups in total. The number of hydrogen-bond acceptors (Lipinski definition) is 2. The van der Waals surface area contributed by atoms with Gasteiger partial charge in [-0.15, -0.1) is 0 Å². The predicted octanol–water partition coefficient (Wildman–Crippen LogP) is 3.90. The summed E-state index contributed by atoms with van der Waals surface area (Å²) < 4.78 is 11.1. The van der Waals surface area contributed by atoms with Gasteiger partial charge in [-0.1, -0.05) is 29.3 Å². The number of benzene rings is 1. The first kappa shape index (κ1) is 11.1. The fourth-order valence-electron chi connectivity index (χ4n) is 1.53. The van der Waals surface area contributed by atoms with Crippen molar-refractivity contribution in [3.8, 4) is 5.75 Å². The summed E-state index contributed by atoms with van der Waals surface area (Å²) in [6.07, 6.45) is 2.89. The van der Waals surface area contributed by atoms with Gasteiger partial charge in [-0.2, -0.15) is 0 Å². The maximum atomic E-state index is 5.98. The van der Waals surface area contributed by atoms with Crippen LogP contribution in [0.4, 0.5) is 0 Å². The molecule has 1 unspecified atom stereocenters. The smallest absolute Gasteiger partial charge is 0.199 e. The molecule has 15 heavy (non-hydrogen) atoms. The zero-order valence-corrected chi connectivity index (χ0v) is 9.72. The first-order chi connectivity index (χ1) is 7.27. The van der Waals surface area contributed by atoms with E-state index >= 15 is 0 Å². The van der Waals surface area contributed by atoms with Crippen LogP contribution in [0.3, 0.4) is 0 Å². The first-order valence-electron chi connectivity index (χ1n) is 4.99. The third-order valence-electron chi connectivity index (χ3n) is 2.31. The van der Waals surface area contributed by atoms with E-state index in [1.165, 1.54) is 0 Å². The van der Waals surface area contributed by atoms with E-state index in [4.69, 9.17) is 32.7 Å². The predicted molar refractivity (Wildman–Crippen MR) is 60.7 cm³/mol. The van der Waals surface area contributed by atoms with E-state index in [2.05, 4.69) is 0 Å². The van der Waals surface area contributed by atoms with Gasteiger partial charge >= 0.3 is 0 Å². The minimum atomic E-state index is -0.212. The SMILES string of the molecule is Clc1cccc(Cl)c1OC1CCCCO1. The lowest BCUT2D eigenvalue weighted by Crippen LogP contribution is -2.25. The highest BCUT2D eigenvalue weighted by Gasteiger charge is 2.18. The highest BCUT2D eigenvalue weighted by Crippen LogP contribution is 2.34. The Labute approximate surface area is 99.1 Å². The maximum absolute atomic E-state index is 5.98. The van der Waals surface area contributed by atoms with Gasteiger partial charge in [0.1, 0.15) is 0 Å². The molecule has 1 saturated heterocycles. The molecule has 0 spiro atoms. The van der Waals surface area contributed by atoms with Gasteiger partial charge in [0.05, 0.1) is 16.7 Å². The molecule has 0 amide bonds. The van der Waals surface area contributed by atoms with Crippen LogP contribution in [0.5, 0.6) is 5.75 Å². The lowest BCUT2D eigenvalue weighted by Gasteiger charge is -2.24. The standard InChI is InChI=1S/C11H12Cl2O2/c12-8-4-3-5-9(13)11(8)15-10-6-1-2-7-14-10/h3-5,10H,1-2,6-7H2. The van der Waals surface area contributed by atoms with E-state index in [0.29, 0.717) is 15.8 Å². The van der Waals surface area contributed by atoms with Gasteiger partial charge in [0.15, 0.2) is 12.0 Å². The first-order valence-corrected chi connectivity index (χ1v) is 5.75. The van der Waals surface area contributed by atoms with E-state index in [-0.39, 0.29) is 6.29 Å². The summed E-state index contributed by atoms with van der Waals surface area (Å²) in [6, 6.07) is 5.30. The molecule has 0 aliphatic carbocycles. The van der Waals surface area contributed by atoms with Gasteiger partial charge in [0.2, 0.25) is 0 Å². The number of hydrogen-bond donors (Lipinski definition) is 0. The van der Waals surface area contributed by atoms with Gasteiger partial charge in [0, 0.05) is 6.42 Å². The van der Waals surface area contributed by atoms with Crippen molar-refractivity contribution in [2.24, 2.45) is 0 Å². The number of ether oxygens (including phenoxy) is 2. The third-order valence-corrected chi connectivity index (χ3v) is 2.90. The molecule has 1 aromatic rings. The molecule has 1 heterocycles. The molecule has 2 nitrogen and oxygen atoms in total. The molecule has 0 saturated carbocycles. The largest absolute Gasteiger partial charge is 0.462 e. The van der Waals surface area contributed by atoms with Gasteiger partial charge in [-0.3, -0.25) is 0 Å². The molecule has 1 aromatic carbocycles. The summed E-state index contributed by atoms with van der Waals surface area (Å²) in [4.78, 5) is 0. The summed E-state index contributed by atoms with van der Waals surface area (Å²) in [7, 11) is 0. The van der Waals surface area contributed by atoms with Crippen LogP contribution in [0.1, 0.15) is 19.3 Å². The van der Waals surface area contributed by atoms with Crippen molar-refractivity contribution in [2.75, 3.05) is 6.61 Å². The Morgan fingerprint density at radius 3 is 2.53 bits per heavy atom. The van der Waals surface area contributed by atoms with Crippen molar-refractivity contribution >= 4 is 23.2 Å². The summed E-state index contributed by atoms with van der Waals surface area (Å²) in [5, 5.41) is 1.05. The number of halogens is 2. The second kappa shape index (κ2) is 5.06. The molecule has 82 valence electrons. The minimum absolute atomic E-state index is 0.212. The van der Waals surface area contributed by atoms with Crippen LogP contribution in [0.25, 0.3) is 0 Å². The highest BCUT2D eigenvalue weighted by atomic mass is 35.5. The normalized spacial score (nSPS) is 21.3. The van der Waals surface area contributed by atoms with Crippen molar-refractivity contribution < 1.29 is 9.47 Å². The Hall–Kier alpha value is -0.440. The fourth-order valence-corrected chi connectivity index (χ4v) is 2.02. The molecule has 2 rings (SSSR count). The lowest BCUT2D eigenvalue weighted by molar-refractivity contribution is -0.105. The molecule has 4 heteroatoms. The molecule has 1 atom stereocenters. The van der Waals surface area contributed by atoms with Crippen LogP contribution in [0.2, 0.25) is 10.0 Å². The lowest BCUT2D eigenvalue weighted by atomic mass is 10.2. The van der Waals surface area contributed by atoms with Crippen molar-refractivity contribution in [3.05, 3.63) is 28.2 Å². The highest BCUT2D eigenvalue weighted by molar-refractivity contribution is 6.37. The maximum Gasteiger partial charge on any atom is 0.199 e. The topological polar surface area (TPSA) is 18.5 Å². The average Bonchev–Trinajstić information content (AvgIpc) is 2.25. The molecule has 1 fully saturated rings. The molecular formula is C11H12Cl2O2. The van der Waals surface area contributed by atoms with Gasteiger partial charge in [0.25, 0.3) is 0 Å². The Balaban J connectivity index is 2.09. The van der Waals surface area contributed by atoms with Crippen LogP contribution in [-0.4, -0.2) is 12.9 Å². The summed E-state index contributed by atoms with van der Waals surface area (Å²) in [5.41, 5.74) is 0. The Bertz CT molecular complexity index is 315. The van der Waals surface area contributed by atoms with Crippen LogP contribution >= 0.6 is 23.2 Å². The quantitative estimate of drug-likeness (QED) is 0.789. The minimum Gasteiger partial charge on any atom is -0.462 e. The molecular weight excluding hydrogens is 235 g/mol.